The molecule has 0 rings (SSSR count). The van der Waals surface area contributed by atoms with Gasteiger partial charge in [0.05, 0.1) is 0 Å². The highest BCUT2D eigenvalue weighted by molar-refractivity contribution is 5.71. The lowest BCUT2D eigenvalue weighted by atomic mass is 10.0. The zero-order valence-electron chi connectivity index (χ0n) is 46.5. The molecule has 0 spiro atoms. The molecule has 0 aliphatic rings. The van der Waals surface area contributed by atoms with Gasteiger partial charge in [-0.05, 0) is 64.2 Å². The van der Waals surface area contributed by atoms with Crippen LogP contribution in [0.2, 0.25) is 0 Å². The van der Waals surface area contributed by atoms with E-state index in [4.69, 9.17) is 14.2 Å². The van der Waals surface area contributed by atoms with Crippen LogP contribution in [0.3, 0.4) is 0 Å². The molecule has 0 fully saturated rings. The molecule has 6 heteroatoms. The third-order valence-corrected chi connectivity index (χ3v) is 13.3. The Labute approximate surface area is 434 Å². The van der Waals surface area contributed by atoms with Crippen molar-refractivity contribution in [3.05, 3.63) is 60.8 Å². The Hall–Kier alpha value is -2.89. The fourth-order valence-electron chi connectivity index (χ4n) is 8.77. The summed E-state index contributed by atoms with van der Waals surface area (Å²) >= 11 is 0. The van der Waals surface area contributed by atoms with Crippen LogP contribution in [0, 0.1) is 0 Å². The van der Waals surface area contributed by atoms with Gasteiger partial charge in [-0.1, -0.05) is 287 Å². The van der Waals surface area contributed by atoms with Gasteiger partial charge in [-0.2, -0.15) is 0 Å². The highest BCUT2D eigenvalue weighted by Crippen LogP contribution is 2.17. The summed E-state index contributed by atoms with van der Waals surface area (Å²) in [6, 6.07) is 0. The van der Waals surface area contributed by atoms with Crippen LogP contribution in [-0.4, -0.2) is 37.2 Å². The molecule has 0 aromatic carbocycles. The minimum absolute atomic E-state index is 0.0720. The van der Waals surface area contributed by atoms with Crippen LogP contribution >= 0.6 is 0 Å². The smallest absolute Gasteiger partial charge is 0.306 e. The maximum absolute atomic E-state index is 12.8. The Morgan fingerprint density at radius 2 is 0.557 bits per heavy atom. The highest BCUT2D eigenvalue weighted by atomic mass is 16.6. The summed E-state index contributed by atoms with van der Waals surface area (Å²) in [6.45, 7) is 6.53. The molecule has 406 valence electrons. The highest BCUT2D eigenvalue weighted by Gasteiger charge is 2.19. The van der Waals surface area contributed by atoms with E-state index in [1.54, 1.807) is 0 Å². The summed E-state index contributed by atoms with van der Waals surface area (Å²) in [5.41, 5.74) is 0. The van der Waals surface area contributed by atoms with Crippen LogP contribution in [0.5, 0.6) is 0 Å². The molecule has 0 radical (unpaired) electrons. The van der Waals surface area contributed by atoms with Gasteiger partial charge in [-0.15, -0.1) is 0 Å². The maximum Gasteiger partial charge on any atom is 0.306 e. The van der Waals surface area contributed by atoms with Gasteiger partial charge < -0.3 is 14.2 Å². The predicted octanol–water partition coefficient (Wildman–Crippen LogP) is 20.4. The van der Waals surface area contributed by atoms with E-state index in [1.165, 1.54) is 173 Å². The molecular formula is C64H114O6. The SMILES string of the molecule is CC/C=C\C/C=C\C/C=C\C/C=C\C/C=C\CCCCCCCCCCCC(=O)OCC(COC(=O)CCCCCCCCCC)OC(=O)CCCCCCCCCCCCCCCCCCCCC. The number of unbranched alkanes of at least 4 members (excludes halogenated alkanes) is 34. The van der Waals surface area contributed by atoms with Gasteiger partial charge in [-0.25, -0.2) is 0 Å². The first-order valence-corrected chi connectivity index (χ1v) is 30.3. The molecule has 6 nitrogen and oxygen atoms in total. The van der Waals surface area contributed by atoms with Crippen LogP contribution in [0.1, 0.15) is 310 Å². The minimum atomic E-state index is -0.772. The Morgan fingerprint density at radius 1 is 0.300 bits per heavy atom. The Bertz CT molecular complexity index is 1260. The molecule has 0 heterocycles. The number of hydrogen-bond donors (Lipinski definition) is 0. The zero-order chi connectivity index (χ0) is 50.7. The van der Waals surface area contributed by atoms with E-state index in [1.807, 2.05) is 0 Å². The van der Waals surface area contributed by atoms with Crippen molar-refractivity contribution in [1.29, 1.82) is 0 Å². The minimum Gasteiger partial charge on any atom is -0.462 e. The molecule has 0 amide bonds. The molecule has 0 saturated heterocycles. The lowest BCUT2D eigenvalue weighted by Gasteiger charge is -2.18. The molecule has 1 atom stereocenters. The van der Waals surface area contributed by atoms with Gasteiger partial charge in [-0.3, -0.25) is 14.4 Å². The normalized spacial score (nSPS) is 12.4. The van der Waals surface area contributed by atoms with Crippen molar-refractivity contribution in [2.45, 2.75) is 316 Å². The van der Waals surface area contributed by atoms with Gasteiger partial charge in [0.2, 0.25) is 0 Å². The number of esters is 3. The third-order valence-electron chi connectivity index (χ3n) is 13.3. The Balaban J connectivity index is 4.19. The number of carbonyl (C=O) groups is 3. The summed E-state index contributed by atoms with van der Waals surface area (Å²) < 4.78 is 16.8. The first-order valence-electron chi connectivity index (χ1n) is 30.3. The van der Waals surface area contributed by atoms with Crippen molar-refractivity contribution >= 4 is 17.9 Å². The van der Waals surface area contributed by atoms with E-state index >= 15 is 0 Å². The van der Waals surface area contributed by atoms with E-state index < -0.39 is 6.10 Å². The molecule has 0 aliphatic carbocycles. The number of rotatable bonds is 55. The number of hydrogen-bond acceptors (Lipinski definition) is 6. The first kappa shape index (κ1) is 67.1. The number of carbonyl (C=O) groups excluding carboxylic acids is 3. The summed E-state index contributed by atoms with van der Waals surface area (Å²) in [4.78, 5) is 38.1. The summed E-state index contributed by atoms with van der Waals surface area (Å²) in [5, 5.41) is 0. The second-order valence-corrected chi connectivity index (χ2v) is 20.2. The van der Waals surface area contributed by atoms with E-state index in [0.29, 0.717) is 19.3 Å². The third kappa shape index (κ3) is 56.0. The molecule has 1 unspecified atom stereocenters. The van der Waals surface area contributed by atoms with Gasteiger partial charge in [0.25, 0.3) is 0 Å². The predicted molar refractivity (Wildman–Crippen MR) is 302 cm³/mol. The maximum atomic E-state index is 12.8. The summed E-state index contributed by atoms with van der Waals surface area (Å²) in [6.07, 6.45) is 73.8. The summed E-state index contributed by atoms with van der Waals surface area (Å²) in [5.74, 6) is -0.867. The fourth-order valence-corrected chi connectivity index (χ4v) is 8.77. The van der Waals surface area contributed by atoms with Crippen molar-refractivity contribution in [3.63, 3.8) is 0 Å². The second-order valence-electron chi connectivity index (χ2n) is 20.2. The van der Waals surface area contributed by atoms with Crippen molar-refractivity contribution in [2.24, 2.45) is 0 Å². The summed E-state index contributed by atoms with van der Waals surface area (Å²) in [7, 11) is 0. The van der Waals surface area contributed by atoms with Gasteiger partial charge in [0.15, 0.2) is 6.10 Å². The Kier molecular flexibility index (Phi) is 56.3. The van der Waals surface area contributed by atoms with E-state index in [-0.39, 0.29) is 31.1 Å². The quantitative estimate of drug-likeness (QED) is 0.0261. The first-order chi connectivity index (χ1) is 34.5. The Morgan fingerprint density at radius 3 is 0.871 bits per heavy atom. The van der Waals surface area contributed by atoms with E-state index in [2.05, 4.69) is 81.5 Å². The van der Waals surface area contributed by atoms with Crippen LogP contribution in [0.25, 0.3) is 0 Å². The number of allylic oxidation sites excluding steroid dienone is 10. The number of ether oxygens (including phenoxy) is 3. The average Bonchev–Trinajstić information content (AvgIpc) is 3.36. The van der Waals surface area contributed by atoms with Crippen LogP contribution in [-0.2, 0) is 28.6 Å². The molecule has 70 heavy (non-hydrogen) atoms. The van der Waals surface area contributed by atoms with Gasteiger partial charge >= 0.3 is 17.9 Å². The lowest BCUT2D eigenvalue weighted by molar-refractivity contribution is -0.167. The second kappa shape index (κ2) is 58.7. The van der Waals surface area contributed by atoms with Gasteiger partial charge in [0.1, 0.15) is 13.2 Å². The van der Waals surface area contributed by atoms with Gasteiger partial charge in [0, 0.05) is 19.3 Å². The zero-order valence-corrected chi connectivity index (χ0v) is 46.5. The van der Waals surface area contributed by atoms with E-state index in [9.17, 15) is 14.4 Å². The van der Waals surface area contributed by atoms with Crippen molar-refractivity contribution in [1.82, 2.24) is 0 Å². The van der Waals surface area contributed by atoms with Crippen molar-refractivity contribution in [2.75, 3.05) is 13.2 Å². The standard InChI is InChI=1S/C64H114O6/c1-4-7-10-13-16-19-21-23-25-27-29-30-31-32-33-34-36-37-39-41-43-45-48-51-54-57-63(66)69-60-61(59-68-62(65)56-53-50-47-18-15-12-9-6-3)70-64(67)58-55-52-49-46-44-42-40-38-35-28-26-24-22-20-17-14-11-8-5-2/h7,10,16,19,23,25,29-30,32-33,61H,4-6,8-9,11-15,17-18,20-22,24,26-28,31,34-60H2,1-3H3/b10-7-,19-16-,25-23-,30-29-,33-32-. The topological polar surface area (TPSA) is 78.9 Å². The molecule has 0 bridgehead atoms. The van der Waals surface area contributed by atoms with Crippen LogP contribution in [0.15, 0.2) is 60.8 Å². The lowest BCUT2D eigenvalue weighted by Crippen LogP contribution is -2.30. The molecule has 0 aromatic heterocycles. The monoisotopic (exact) mass is 979 g/mol. The molecule has 0 aromatic rings. The van der Waals surface area contributed by atoms with Crippen molar-refractivity contribution in [3.8, 4) is 0 Å². The fraction of sp³-hybridized carbons (Fsp3) is 0.797. The van der Waals surface area contributed by atoms with E-state index in [0.717, 1.165) is 96.3 Å². The molecular weight excluding hydrogens is 865 g/mol. The molecule has 0 aliphatic heterocycles. The average molecular weight is 980 g/mol. The van der Waals surface area contributed by atoms with Crippen LogP contribution in [0.4, 0.5) is 0 Å². The molecule has 0 saturated carbocycles. The van der Waals surface area contributed by atoms with Crippen molar-refractivity contribution < 1.29 is 28.6 Å². The van der Waals surface area contributed by atoms with Crippen LogP contribution < -0.4 is 0 Å². The largest absolute Gasteiger partial charge is 0.462 e. The molecule has 0 N–H and O–H groups in total.